The quantitative estimate of drug-likeness (QED) is 0.806. The Morgan fingerprint density at radius 3 is 2.78 bits per heavy atom. The molecule has 0 aromatic heterocycles. The van der Waals surface area contributed by atoms with Crippen LogP contribution in [0.5, 0.6) is 5.75 Å². The maximum atomic E-state index is 11.6. The Kier molecular flexibility index (Phi) is 3.54. The lowest BCUT2D eigenvalue weighted by Crippen LogP contribution is -2.36. The van der Waals surface area contributed by atoms with E-state index in [2.05, 4.69) is 10.2 Å². The van der Waals surface area contributed by atoms with Crippen LogP contribution in [0.15, 0.2) is 18.2 Å². The average Bonchev–Trinajstić information content (AvgIpc) is 2.35. The summed E-state index contributed by atoms with van der Waals surface area (Å²) in [6.45, 7) is 0.117. The Hall–Kier alpha value is -1.59. The van der Waals surface area contributed by atoms with Gasteiger partial charge < -0.3 is 15.0 Å². The number of amides is 1. The number of benzene rings is 1. The zero-order valence-corrected chi connectivity index (χ0v) is 11.2. The highest BCUT2D eigenvalue weighted by atomic mass is 16.5. The van der Waals surface area contributed by atoms with E-state index in [4.69, 9.17) is 4.74 Å². The normalized spacial score (nSPS) is 16.5. The van der Waals surface area contributed by atoms with Gasteiger partial charge in [0.05, 0.1) is 11.9 Å². The second kappa shape index (κ2) is 4.96. The van der Waals surface area contributed by atoms with Crippen molar-refractivity contribution >= 4 is 11.6 Å². The second-order valence-electron chi connectivity index (χ2n) is 4.62. The van der Waals surface area contributed by atoms with E-state index in [1.165, 1.54) is 0 Å². The first-order valence-electron chi connectivity index (χ1n) is 5.91. The number of hydrogen-bond acceptors (Lipinski definition) is 4. The fraction of sp³-hybridized carbons (Fsp3) is 0.462. The van der Waals surface area contributed by atoms with Gasteiger partial charge in [-0.2, -0.15) is 0 Å². The maximum absolute atomic E-state index is 11.6. The fourth-order valence-electron chi connectivity index (χ4n) is 2.18. The SMILES string of the molecule is CNC(c1ccc2c(c1)N(C)C(=O)CO2)N(C)C. The van der Waals surface area contributed by atoms with Crippen LogP contribution in [0, 0.1) is 0 Å². The minimum atomic E-state index is -0.0227. The number of fused-ring (bicyclic) bond motifs is 1. The molecule has 1 N–H and O–H groups in total. The molecule has 1 atom stereocenters. The summed E-state index contributed by atoms with van der Waals surface area (Å²) in [6, 6.07) is 5.93. The lowest BCUT2D eigenvalue weighted by Gasteiger charge is -2.29. The van der Waals surface area contributed by atoms with Gasteiger partial charge in [-0.25, -0.2) is 0 Å². The predicted molar refractivity (Wildman–Crippen MR) is 70.8 cm³/mol. The number of nitrogens with one attached hydrogen (secondary N) is 1. The van der Waals surface area contributed by atoms with Gasteiger partial charge in [-0.1, -0.05) is 6.07 Å². The van der Waals surface area contributed by atoms with E-state index in [9.17, 15) is 4.79 Å². The number of ether oxygens (including phenoxy) is 1. The average molecular weight is 249 g/mol. The van der Waals surface area contributed by atoms with Crippen molar-refractivity contribution in [2.75, 3.05) is 39.7 Å². The summed E-state index contributed by atoms with van der Waals surface area (Å²) in [6.07, 6.45) is 0.112. The number of carbonyl (C=O) groups is 1. The summed E-state index contributed by atoms with van der Waals surface area (Å²) in [4.78, 5) is 15.3. The summed E-state index contributed by atoms with van der Waals surface area (Å²) in [5.74, 6) is 0.736. The second-order valence-corrected chi connectivity index (χ2v) is 4.62. The van der Waals surface area contributed by atoms with Crippen molar-refractivity contribution in [1.82, 2.24) is 10.2 Å². The number of anilines is 1. The number of carbonyl (C=O) groups excluding carboxylic acids is 1. The molecule has 5 heteroatoms. The van der Waals surface area contributed by atoms with Crippen molar-refractivity contribution in [2.45, 2.75) is 6.17 Å². The molecule has 1 aromatic carbocycles. The molecular formula is C13H19N3O2. The number of likely N-dealkylation sites (N-methyl/N-ethyl adjacent to an activating group) is 1. The van der Waals surface area contributed by atoms with Crippen LogP contribution in [-0.4, -0.2) is 45.6 Å². The molecule has 5 nitrogen and oxygen atoms in total. The number of nitrogens with zero attached hydrogens (tertiary/aromatic N) is 2. The molecule has 0 radical (unpaired) electrons. The van der Waals surface area contributed by atoms with Gasteiger partial charge in [-0.3, -0.25) is 9.69 Å². The highest BCUT2D eigenvalue weighted by molar-refractivity contribution is 5.97. The molecule has 1 amide bonds. The molecule has 0 saturated heterocycles. The third-order valence-electron chi connectivity index (χ3n) is 3.18. The Bertz CT molecular complexity index is 460. The van der Waals surface area contributed by atoms with E-state index in [1.54, 1.807) is 11.9 Å². The summed E-state index contributed by atoms with van der Waals surface area (Å²) < 4.78 is 5.41. The standard InChI is InChI=1S/C13H19N3O2/c1-14-13(15(2)3)9-5-6-11-10(7-9)16(4)12(17)8-18-11/h5-7,13-14H,8H2,1-4H3. The van der Waals surface area contributed by atoms with E-state index < -0.39 is 0 Å². The van der Waals surface area contributed by atoms with Crippen molar-refractivity contribution in [3.63, 3.8) is 0 Å². The summed E-state index contributed by atoms with van der Waals surface area (Å²) >= 11 is 0. The van der Waals surface area contributed by atoms with Crippen LogP contribution in [0.4, 0.5) is 5.69 Å². The molecule has 98 valence electrons. The summed E-state index contributed by atoms with van der Waals surface area (Å²) in [5, 5.41) is 3.23. The van der Waals surface area contributed by atoms with Gasteiger partial charge in [0.2, 0.25) is 0 Å². The van der Waals surface area contributed by atoms with E-state index in [0.29, 0.717) is 0 Å². The maximum Gasteiger partial charge on any atom is 0.264 e. The Balaban J connectivity index is 2.39. The van der Waals surface area contributed by atoms with E-state index in [1.807, 2.05) is 39.3 Å². The van der Waals surface area contributed by atoms with Crippen LogP contribution < -0.4 is 15.0 Å². The zero-order valence-electron chi connectivity index (χ0n) is 11.2. The van der Waals surface area contributed by atoms with Gasteiger partial charge in [-0.05, 0) is 38.8 Å². The molecule has 0 spiro atoms. The highest BCUT2D eigenvalue weighted by Crippen LogP contribution is 2.33. The fourth-order valence-corrected chi connectivity index (χ4v) is 2.18. The molecule has 2 rings (SSSR count). The van der Waals surface area contributed by atoms with Gasteiger partial charge in [0.1, 0.15) is 5.75 Å². The van der Waals surface area contributed by atoms with Gasteiger partial charge in [0, 0.05) is 7.05 Å². The monoisotopic (exact) mass is 249 g/mol. The minimum absolute atomic E-state index is 0.0227. The first kappa shape index (κ1) is 12.9. The Labute approximate surface area is 107 Å². The molecule has 1 aliphatic heterocycles. The lowest BCUT2D eigenvalue weighted by atomic mass is 10.1. The van der Waals surface area contributed by atoms with Crippen molar-refractivity contribution in [3.8, 4) is 5.75 Å². The lowest BCUT2D eigenvalue weighted by molar-refractivity contribution is -0.120. The van der Waals surface area contributed by atoms with Crippen molar-refractivity contribution in [1.29, 1.82) is 0 Å². The van der Waals surface area contributed by atoms with E-state index in [0.717, 1.165) is 17.0 Å². The minimum Gasteiger partial charge on any atom is -0.482 e. The van der Waals surface area contributed by atoms with Gasteiger partial charge in [0.15, 0.2) is 6.61 Å². The third-order valence-corrected chi connectivity index (χ3v) is 3.18. The smallest absolute Gasteiger partial charge is 0.264 e. The molecule has 1 heterocycles. The van der Waals surface area contributed by atoms with Crippen LogP contribution >= 0.6 is 0 Å². The zero-order chi connectivity index (χ0) is 13.3. The van der Waals surface area contributed by atoms with Crippen LogP contribution in [0.25, 0.3) is 0 Å². The molecule has 1 unspecified atom stereocenters. The van der Waals surface area contributed by atoms with Crippen LogP contribution in [0.3, 0.4) is 0 Å². The van der Waals surface area contributed by atoms with Gasteiger partial charge in [0.25, 0.3) is 5.91 Å². The summed E-state index contributed by atoms with van der Waals surface area (Å²) in [5.41, 5.74) is 1.93. The molecular weight excluding hydrogens is 230 g/mol. The molecule has 0 bridgehead atoms. The molecule has 0 aliphatic carbocycles. The first-order chi connectivity index (χ1) is 8.54. The van der Waals surface area contributed by atoms with Crippen LogP contribution in [0.1, 0.15) is 11.7 Å². The highest BCUT2D eigenvalue weighted by Gasteiger charge is 2.23. The van der Waals surface area contributed by atoms with Crippen molar-refractivity contribution in [2.24, 2.45) is 0 Å². The van der Waals surface area contributed by atoms with Crippen LogP contribution in [-0.2, 0) is 4.79 Å². The predicted octanol–water partition coefficient (Wildman–Crippen LogP) is 0.821. The molecule has 0 saturated carbocycles. The Morgan fingerprint density at radius 2 is 2.17 bits per heavy atom. The van der Waals surface area contributed by atoms with Gasteiger partial charge >= 0.3 is 0 Å². The van der Waals surface area contributed by atoms with Crippen LogP contribution in [0.2, 0.25) is 0 Å². The first-order valence-corrected chi connectivity index (χ1v) is 5.91. The molecule has 18 heavy (non-hydrogen) atoms. The topological polar surface area (TPSA) is 44.8 Å². The van der Waals surface area contributed by atoms with Gasteiger partial charge in [-0.15, -0.1) is 0 Å². The largest absolute Gasteiger partial charge is 0.482 e. The van der Waals surface area contributed by atoms with E-state index >= 15 is 0 Å². The molecule has 1 aliphatic rings. The number of hydrogen-bond donors (Lipinski definition) is 1. The van der Waals surface area contributed by atoms with E-state index in [-0.39, 0.29) is 18.7 Å². The third kappa shape index (κ3) is 2.19. The van der Waals surface area contributed by atoms with Crippen molar-refractivity contribution < 1.29 is 9.53 Å². The Morgan fingerprint density at radius 1 is 1.44 bits per heavy atom. The molecule has 1 aromatic rings. The van der Waals surface area contributed by atoms with Crippen molar-refractivity contribution in [3.05, 3.63) is 23.8 Å². The summed E-state index contributed by atoms with van der Waals surface area (Å²) in [7, 11) is 7.70. The number of rotatable bonds is 3. The molecule has 0 fully saturated rings.